The highest BCUT2D eigenvalue weighted by Crippen LogP contribution is 2.35. The van der Waals surface area contributed by atoms with E-state index in [0.717, 1.165) is 0 Å². The summed E-state index contributed by atoms with van der Waals surface area (Å²) >= 11 is 12.0. The summed E-state index contributed by atoms with van der Waals surface area (Å²) in [6, 6.07) is 7.43. The van der Waals surface area contributed by atoms with Crippen LogP contribution in [0.1, 0.15) is 11.1 Å². The smallest absolute Gasteiger partial charge is 0.166 e. The first-order valence-electron chi connectivity index (χ1n) is 6.18. The second-order valence-electron chi connectivity index (χ2n) is 4.32. The Kier molecular flexibility index (Phi) is 5.28. The van der Waals surface area contributed by atoms with Crippen molar-refractivity contribution in [2.24, 2.45) is 5.73 Å². The molecule has 21 heavy (non-hydrogen) atoms. The largest absolute Gasteiger partial charge is 0.493 e. The zero-order valence-electron chi connectivity index (χ0n) is 11.3. The van der Waals surface area contributed by atoms with Gasteiger partial charge in [0.1, 0.15) is 12.4 Å². The third kappa shape index (κ3) is 3.79. The molecule has 0 fully saturated rings. The highest BCUT2D eigenvalue weighted by molar-refractivity contribution is 6.31. The topological polar surface area (TPSA) is 44.5 Å². The van der Waals surface area contributed by atoms with Crippen molar-refractivity contribution >= 4 is 23.2 Å². The molecule has 2 rings (SSSR count). The maximum absolute atomic E-state index is 13.2. The molecule has 2 aromatic carbocycles. The molecule has 6 heteroatoms. The van der Waals surface area contributed by atoms with Gasteiger partial charge in [0.25, 0.3) is 0 Å². The van der Waals surface area contributed by atoms with Crippen molar-refractivity contribution in [3.8, 4) is 11.5 Å². The van der Waals surface area contributed by atoms with Crippen LogP contribution in [-0.4, -0.2) is 7.11 Å². The predicted molar refractivity (Wildman–Crippen MR) is 81.6 cm³/mol. The number of ether oxygens (including phenoxy) is 2. The van der Waals surface area contributed by atoms with E-state index in [1.807, 2.05) is 0 Å². The molecule has 0 unspecified atom stereocenters. The lowest BCUT2D eigenvalue weighted by atomic mass is 10.2. The van der Waals surface area contributed by atoms with E-state index < -0.39 is 0 Å². The molecule has 0 bridgehead atoms. The number of rotatable bonds is 5. The Hall–Kier alpha value is -1.49. The zero-order valence-corrected chi connectivity index (χ0v) is 12.8. The third-order valence-electron chi connectivity index (χ3n) is 2.92. The number of nitrogens with two attached hydrogens (primary N) is 1. The molecule has 0 aromatic heterocycles. The van der Waals surface area contributed by atoms with Crippen molar-refractivity contribution in [3.05, 3.63) is 57.3 Å². The maximum atomic E-state index is 13.2. The molecule has 2 N–H and O–H groups in total. The van der Waals surface area contributed by atoms with Gasteiger partial charge in [-0.1, -0.05) is 23.2 Å². The van der Waals surface area contributed by atoms with E-state index >= 15 is 0 Å². The van der Waals surface area contributed by atoms with Gasteiger partial charge in [0.05, 0.1) is 7.11 Å². The minimum atomic E-state index is -0.375. The summed E-state index contributed by atoms with van der Waals surface area (Å²) in [5, 5.41) is 0.932. The fraction of sp³-hybridized carbons (Fsp3) is 0.200. The SMILES string of the molecule is COc1cc(Cl)cc(CN)c1OCc1cc(F)ccc1Cl. The number of halogens is 3. The minimum Gasteiger partial charge on any atom is -0.493 e. The highest BCUT2D eigenvalue weighted by atomic mass is 35.5. The average molecular weight is 330 g/mol. The Balaban J connectivity index is 2.29. The van der Waals surface area contributed by atoms with Gasteiger partial charge in [0.15, 0.2) is 11.5 Å². The van der Waals surface area contributed by atoms with E-state index in [2.05, 4.69) is 0 Å². The molecule has 0 radical (unpaired) electrons. The van der Waals surface area contributed by atoms with Gasteiger partial charge >= 0.3 is 0 Å². The van der Waals surface area contributed by atoms with Crippen molar-refractivity contribution in [1.29, 1.82) is 0 Å². The third-order valence-corrected chi connectivity index (χ3v) is 3.50. The van der Waals surface area contributed by atoms with E-state index in [4.69, 9.17) is 38.4 Å². The van der Waals surface area contributed by atoms with Crippen molar-refractivity contribution in [3.63, 3.8) is 0 Å². The Labute approximate surface area is 132 Å². The van der Waals surface area contributed by atoms with Crippen LogP contribution in [0.25, 0.3) is 0 Å². The molecule has 0 saturated heterocycles. The van der Waals surface area contributed by atoms with Crippen LogP contribution in [0, 0.1) is 5.82 Å². The van der Waals surface area contributed by atoms with Gasteiger partial charge in [-0.3, -0.25) is 0 Å². The molecule has 2 aromatic rings. The van der Waals surface area contributed by atoms with Crippen LogP contribution < -0.4 is 15.2 Å². The van der Waals surface area contributed by atoms with E-state index in [1.165, 1.54) is 25.3 Å². The molecule has 0 saturated carbocycles. The minimum absolute atomic E-state index is 0.0988. The molecule has 0 amide bonds. The highest BCUT2D eigenvalue weighted by Gasteiger charge is 2.13. The lowest BCUT2D eigenvalue weighted by Crippen LogP contribution is -2.05. The van der Waals surface area contributed by atoms with Gasteiger partial charge in [0, 0.05) is 33.8 Å². The van der Waals surface area contributed by atoms with Crippen molar-refractivity contribution in [2.75, 3.05) is 7.11 Å². The molecule has 0 aliphatic carbocycles. The second kappa shape index (κ2) is 6.98. The van der Waals surface area contributed by atoms with Gasteiger partial charge in [-0.15, -0.1) is 0 Å². The Morgan fingerprint density at radius 3 is 2.57 bits per heavy atom. The first-order chi connectivity index (χ1) is 10.0. The maximum Gasteiger partial charge on any atom is 0.166 e. The van der Waals surface area contributed by atoms with Crippen LogP contribution in [0.3, 0.4) is 0 Å². The van der Waals surface area contributed by atoms with Gasteiger partial charge in [-0.2, -0.15) is 0 Å². The standard InChI is InChI=1S/C15H14Cl2FNO2/c1-20-14-6-11(16)4-9(7-19)15(14)21-8-10-5-12(18)2-3-13(10)17/h2-6H,7-8,19H2,1H3. The van der Waals surface area contributed by atoms with Crippen LogP contribution in [-0.2, 0) is 13.2 Å². The summed E-state index contributed by atoms with van der Waals surface area (Å²) in [5.41, 5.74) is 6.93. The van der Waals surface area contributed by atoms with E-state index in [1.54, 1.807) is 12.1 Å². The Bertz CT molecular complexity index is 625. The normalized spacial score (nSPS) is 10.5. The van der Waals surface area contributed by atoms with Gasteiger partial charge in [-0.25, -0.2) is 4.39 Å². The molecular weight excluding hydrogens is 316 g/mol. The fourth-order valence-electron chi connectivity index (χ4n) is 1.89. The van der Waals surface area contributed by atoms with Gasteiger partial charge in [0.2, 0.25) is 0 Å². The van der Waals surface area contributed by atoms with Crippen LogP contribution in [0.4, 0.5) is 4.39 Å². The molecule has 112 valence electrons. The number of methoxy groups -OCH3 is 1. The van der Waals surface area contributed by atoms with Gasteiger partial charge < -0.3 is 15.2 Å². The van der Waals surface area contributed by atoms with Crippen LogP contribution >= 0.6 is 23.2 Å². The predicted octanol–water partition coefficient (Wildman–Crippen LogP) is 4.18. The van der Waals surface area contributed by atoms with Crippen molar-refractivity contribution in [2.45, 2.75) is 13.2 Å². The number of benzene rings is 2. The van der Waals surface area contributed by atoms with Crippen LogP contribution in [0.2, 0.25) is 10.0 Å². The lowest BCUT2D eigenvalue weighted by Gasteiger charge is -2.15. The fourth-order valence-corrected chi connectivity index (χ4v) is 2.30. The lowest BCUT2D eigenvalue weighted by molar-refractivity contribution is 0.281. The summed E-state index contributed by atoms with van der Waals surface area (Å²) in [7, 11) is 1.51. The van der Waals surface area contributed by atoms with E-state index in [0.29, 0.717) is 32.7 Å². The first-order valence-corrected chi connectivity index (χ1v) is 6.94. The number of hydrogen-bond donors (Lipinski definition) is 1. The molecule has 0 aliphatic heterocycles. The zero-order chi connectivity index (χ0) is 15.4. The molecular formula is C15H14Cl2FNO2. The summed E-state index contributed by atoms with van der Waals surface area (Å²) in [6.07, 6.45) is 0. The number of hydrogen-bond acceptors (Lipinski definition) is 3. The van der Waals surface area contributed by atoms with Crippen molar-refractivity contribution in [1.82, 2.24) is 0 Å². The molecule has 0 aliphatic rings. The summed E-state index contributed by atoms with van der Waals surface area (Å²) in [4.78, 5) is 0. The quantitative estimate of drug-likeness (QED) is 0.894. The molecule has 0 atom stereocenters. The molecule has 3 nitrogen and oxygen atoms in total. The second-order valence-corrected chi connectivity index (χ2v) is 5.17. The monoisotopic (exact) mass is 329 g/mol. The Morgan fingerprint density at radius 2 is 1.90 bits per heavy atom. The molecule has 0 spiro atoms. The van der Waals surface area contributed by atoms with Crippen LogP contribution in [0.15, 0.2) is 30.3 Å². The molecule has 0 heterocycles. The summed E-state index contributed by atoms with van der Waals surface area (Å²) in [5.74, 6) is 0.570. The summed E-state index contributed by atoms with van der Waals surface area (Å²) < 4.78 is 24.2. The van der Waals surface area contributed by atoms with Crippen molar-refractivity contribution < 1.29 is 13.9 Å². The van der Waals surface area contributed by atoms with E-state index in [-0.39, 0.29) is 19.0 Å². The van der Waals surface area contributed by atoms with Crippen LogP contribution in [0.5, 0.6) is 11.5 Å². The first kappa shape index (κ1) is 15.9. The van der Waals surface area contributed by atoms with E-state index in [9.17, 15) is 4.39 Å². The summed E-state index contributed by atoms with van der Waals surface area (Å²) in [6.45, 7) is 0.338. The van der Waals surface area contributed by atoms with Gasteiger partial charge in [-0.05, 0) is 24.3 Å². The average Bonchev–Trinajstić information content (AvgIpc) is 2.48. The Morgan fingerprint density at radius 1 is 1.14 bits per heavy atom.